The van der Waals surface area contributed by atoms with Gasteiger partial charge < -0.3 is 0 Å². The molecule has 72 valence electrons. The van der Waals surface area contributed by atoms with E-state index >= 15 is 0 Å². The van der Waals surface area contributed by atoms with Crippen molar-refractivity contribution in [2.75, 3.05) is 6.54 Å². The summed E-state index contributed by atoms with van der Waals surface area (Å²) in [6, 6.07) is 0. The van der Waals surface area contributed by atoms with Crippen LogP contribution in [-0.4, -0.2) is 23.3 Å². The van der Waals surface area contributed by atoms with Crippen LogP contribution in [-0.2, 0) is 9.59 Å². The molecule has 1 unspecified atom stereocenters. The Kier molecular flexibility index (Phi) is 3.23. The molecule has 3 heteroatoms. The minimum atomic E-state index is -0.201. The van der Waals surface area contributed by atoms with Gasteiger partial charge in [-0.25, -0.2) is 0 Å². The number of nitrogens with zero attached hydrogens (tertiary/aromatic N) is 1. The van der Waals surface area contributed by atoms with Crippen LogP contribution >= 0.6 is 0 Å². The van der Waals surface area contributed by atoms with E-state index in [2.05, 4.69) is 0 Å². The topological polar surface area (TPSA) is 37.4 Å². The third-order valence-corrected chi connectivity index (χ3v) is 2.20. The van der Waals surface area contributed by atoms with Crippen molar-refractivity contribution < 1.29 is 9.59 Å². The molecule has 1 rings (SSSR count). The van der Waals surface area contributed by atoms with Gasteiger partial charge in [-0.3, -0.25) is 14.5 Å². The molecule has 1 fully saturated rings. The Morgan fingerprint density at radius 3 is 2.62 bits per heavy atom. The standard InChI is InChI=1S/C10H15NO2/c1-3-5-6-8-7-9(12)11(4-2)10(8)13/h5-6,8H,3-4,7H2,1-2H3. The van der Waals surface area contributed by atoms with Gasteiger partial charge in [0.15, 0.2) is 0 Å². The summed E-state index contributed by atoms with van der Waals surface area (Å²) in [6.45, 7) is 4.32. The first kappa shape index (κ1) is 9.96. The van der Waals surface area contributed by atoms with E-state index in [-0.39, 0.29) is 17.7 Å². The predicted molar refractivity (Wildman–Crippen MR) is 49.9 cm³/mol. The molecule has 0 saturated carbocycles. The van der Waals surface area contributed by atoms with Crippen LogP contribution in [0.3, 0.4) is 0 Å². The Labute approximate surface area is 78.4 Å². The molecule has 0 bridgehead atoms. The number of carbonyl (C=O) groups is 2. The largest absolute Gasteiger partial charge is 0.282 e. The number of hydrogen-bond acceptors (Lipinski definition) is 2. The van der Waals surface area contributed by atoms with Crippen molar-refractivity contribution in [3.8, 4) is 0 Å². The van der Waals surface area contributed by atoms with Crippen molar-refractivity contribution >= 4 is 11.8 Å². The first-order valence-corrected chi connectivity index (χ1v) is 4.71. The van der Waals surface area contributed by atoms with E-state index in [9.17, 15) is 9.59 Å². The molecule has 1 atom stereocenters. The highest BCUT2D eigenvalue weighted by Crippen LogP contribution is 2.20. The maximum atomic E-state index is 11.5. The molecule has 0 aromatic heterocycles. The van der Waals surface area contributed by atoms with E-state index in [4.69, 9.17) is 0 Å². The third-order valence-electron chi connectivity index (χ3n) is 2.20. The van der Waals surface area contributed by atoms with Crippen molar-refractivity contribution in [2.45, 2.75) is 26.7 Å². The highest BCUT2D eigenvalue weighted by Gasteiger charge is 2.35. The molecule has 13 heavy (non-hydrogen) atoms. The molecular weight excluding hydrogens is 166 g/mol. The van der Waals surface area contributed by atoms with Gasteiger partial charge in [0, 0.05) is 13.0 Å². The van der Waals surface area contributed by atoms with Crippen LogP contribution in [0.15, 0.2) is 12.2 Å². The molecule has 0 radical (unpaired) electrons. The van der Waals surface area contributed by atoms with E-state index in [0.717, 1.165) is 6.42 Å². The number of allylic oxidation sites excluding steroid dienone is 1. The van der Waals surface area contributed by atoms with Gasteiger partial charge in [0.05, 0.1) is 5.92 Å². The number of likely N-dealkylation sites (tertiary alicyclic amines) is 1. The smallest absolute Gasteiger partial charge is 0.236 e. The molecular formula is C10H15NO2. The summed E-state index contributed by atoms with van der Waals surface area (Å²) in [6.07, 6.45) is 5.04. The van der Waals surface area contributed by atoms with E-state index < -0.39 is 0 Å². The molecule has 0 spiro atoms. The normalized spacial score (nSPS) is 23.5. The first-order chi connectivity index (χ1) is 6.20. The molecule has 0 aromatic carbocycles. The lowest BCUT2D eigenvalue weighted by Crippen LogP contribution is -2.29. The third kappa shape index (κ3) is 1.97. The highest BCUT2D eigenvalue weighted by molar-refractivity contribution is 6.04. The van der Waals surface area contributed by atoms with E-state index in [0.29, 0.717) is 13.0 Å². The second-order valence-electron chi connectivity index (χ2n) is 3.12. The van der Waals surface area contributed by atoms with Crippen LogP contribution < -0.4 is 0 Å². The van der Waals surface area contributed by atoms with Crippen LogP contribution in [0.5, 0.6) is 0 Å². The van der Waals surface area contributed by atoms with E-state index in [1.165, 1.54) is 4.90 Å². The van der Waals surface area contributed by atoms with Gasteiger partial charge in [0.25, 0.3) is 0 Å². The quantitative estimate of drug-likeness (QED) is 0.487. The van der Waals surface area contributed by atoms with Gasteiger partial charge >= 0.3 is 0 Å². The summed E-state index contributed by atoms with van der Waals surface area (Å²) in [4.78, 5) is 24.1. The summed E-state index contributed by atoms with van der Waals surface area (Å²) in [5.41, 5.74) is 0. The zero-order valence-corrected chi connectivity index (χ0v) is 8.12. The van der Waals surface area contributed by atoms with Crippen molar-refractivity contribution in [3.63, 3.8) is 0 Å². The van der Waals surface area contributed by atoms with Crippen LogP contribution in [0, 0.1) is 5.92 Å². The Hall–Kier alpha value is -1.12. The summed E-state index contributed by atoms with van der Waals surface area (Å²) < 4.78 is 0. The van der Waals surface area contributed by atoms with Gasteiger partial charge in [-0.15, -0.1) is 0 Å². The second kappa shape index (κ2) is 4.21. The maximum absolute atomic E-state index is 11.5. The van der Waals surface area contributed by atoms with Gasteiger partial charge in [-0.1, -0.05) is 19.1 Å². The lowest BCUT2D eigenvalue weighted by Gasteiger charge is -2.09. The number of carbonyl (C=O) groups excluding carboxylic acids is 2. The molecule has 0 aliphatic carbocycles. The van der Waals surface area contributed by atoms with E-state index in [1.54, 1.807) is 0 Å². The summed E-state index contributed by atoms with van der Waals surface area (Å²) in [5.74, 6) is -0.289. The van der Waals surface area contributed by atoms with Crippen LogP contribution in [0.2, 0.25) is 0 Å². The van der Waals surface area contributed by atoms with Crippen LogP contribution in [0.1, 0.15) is 26.7 Å². The minimum absolute atomic E-state index is 0.0433. The lowest BCUT2D eigenvalue weighted by molar-refractivity contribution is -0.138. The number of amides is 2. The SMILES string of the molecule is CCC=CC1CC(=O)N(CC)C1=O. The highest BCUT2D eigenvalue weighted by atomic mass is 16.2. The average molecular weight is 181 g/mol. The van der Waals surface area contributed by atoms with Crippen molar-refractivity contribution in [2.24, 2.45) is 5.92 Å². The molecule has 0 N–H and O–H groups in total. The zero-order chi connectivity index (χ0) is 9.84. The van der Waals surface area contributed by atoms with Crippen molar-refractivity contribution in [3.05, 3.63) is 12.2 Å². The lowest BCUT2D eigenvalue weighted by atomic mass is 10.1. The fraction of sp³-hybridized carbons (Fsp3) is 0.600. The fourth-order valence-electron chi connectivity index (χ4n) is 1.49. The molecule has 1 saturated heterocycles. The number of rotatable bonds is 3. The average Bonchev–Trinajstić information content (AvgIpc) is 2.38. The van der Waals surface area contributed by atoms with Gasteiger partial charge in [-0.2, -0.15) is 0 Å². The zero-order valence-electron chi connectivity index (χ0n) is 8.12. The van der Waals surface area contributed by atoms with Gasteiger partial charge in [0.2, 0.25) is 11.8 Å². The number of hydrogen-bond donors (Lipinski definition) is 0. The Bertz CT molecular complexity index is 245. The van der Waals surface area contributed by atoms with E-state index in [1.807, 2.05) is 26.0 Å². The molecule has 2 amide bonds. The molecule has 1 aliphatic heterocycles. The first-order valence-electron chi connectivity index (χ1n) is 4.71. The van der Waals surface area contributed by atoms with Gasteiger partial charge in [0.1, 0.15) is 0 Å². The Morgan fingerprint density at radius 2 is 2.15 bits per heavy atom. The Balaban J connectivity index is 2.67. The summed E-state index contributed by atoms with van der Waals surface area (Å²) in [7, 11) is 0. The Morgan fingerprint density at radius 1 is 1.46 bits per heavy atom. The maximum Gasteiger partial charge on any atom is 0.236 e. The van der Waals surface area contributed by atoms with Crippen molar-refractivity contribution in [1.82, 2.24) is 4.90 Å². The molecule has 1 aliphatic rings. The predicted octanol–water partition coefficient (Wildman–Crippen LogP) is 1.35. The second-order valence-corrected chi connectivity index (χ2v) is 3.12. The summed E-state index contributed by atoms with van der Waals surface area (Å²) in [5, 5.41) is 0. The minimum Gasteiger partial charge on any atom is -0.282 e. The molecule has 3 nitrogen and oxygen atoms in total. The van der Waals surface area contributed by atoms with Crippen LogP contribution in [0.25, 0.3) is 0 Å². The monoisotopic (exact) mass is 181 g/mol. The summed E-state index contributed by atoms with van der Waals surface area (Å²) >= 11 is 0. The molecule has 1 heterocycles. The van der Waals surface area contributed by atoms with Gasteiger partial charge in [-0.05, 0) is 13.3 Å². The van der Waals surface area contributed by atoms with Crippen LogP contribution in [0.4, 0.5) is 0 Å². The molecule has 0 aromatic rings. The fourth-order valence-corrected chi connectivity index (χ4v) is 1.49. The number of imide groups is 1. The van der Waals surface area contributed by atoms with Crippen molar-refractivity contribution in [1.29, 1.82) is 0 Å².